The highest BCUT2D eigenvalue weighted by Gasteiger charge is 2.29. The number of aromatic nitrogens is 1. The highest BCUT2D eigenvalue weighted by molar-refractivity contribution is 5.90. The first-order valence-electron chi connectivity index (χ1n) is 10.8. The third-order valence-electron chi connectivity index (χ3n) is 6.14. The molecule has 0 spiro atoms. The van der Waals surface area contributed by atoms with Crippen LogP contribution in [-0.2, 0) is 22.6 Å². The molecule has 1 aliphatic rings. The Morgan fingerprint density at radius 1 is 1.13 bits per heavy atom. The minimum Gasteiger partial charge on any atom is -0.467 e. The molecular formula is C24H29N3O3. The minimum absolute atomic E-state index is 0.00968. The number of hydrogen-bond acceptors (Lipinski definition) is 3. The van der Waals surface area contributed by atoms with Gasteiger partial charge in [-0.05, 0) is 55.4 Å². The number of amides is 2. The molecule has 0 radical (unpaired) electrons. The van der Waals surface area contributed by atoms with Crippen LogP contribution in [0.5, 0.6) is 0 Å². The van der Waals surface area contributed by atoms with Crippen molar-refractivity contribution in [3.05, 3.63) is 60.2 Å². The van der Waals surface area contributed by atoms with Gasteiger partial charge in [0.05, 0.1) is 12.8 Å². The monoisotopic (exact) mass is 407 g/mol. The van der Waals surface area contributed by atoms with Crippen LogP contribution in [0.4, 0.5) is 0 Å². The molecule has 1 saturated carbocycles. The van der Waals surface area contributed by atoms with Gasteiger partial charge in [-0.1, -0.05) is 25.1 Å². The molecule has 2 amide bonds. The normalized spacial score (nSPS) is 20.0. The van der Waals surface area contributed by atoms with Crippen molar-refractivity contribution in [1.29, 1.82) is 0 Å². The summed E-state index contributed by atoms with van der Waals surface area (Å²) in [6.07, 6.45) is 7.85. The highest BCUT2D eigenvalue weighted by atomic mass is 16.3. The Labute approximate surface area is 176 Å². The van der Waals surface area contributed by atoms with E-state index in [1.807, 2.05) is 36.5 Å². The lowest BCUT2D eigenvalue weighted by molar-refractivity contribution is -0.132. The van der Waals surface area contributed by atoms with Crippen LogP contribution < -0.4 is 10.6 Å². The summed E-state index contributed by atoms with van der Waals surface area (Å²) in [6, 6.07) is 11.0. The lowest BCUT2D eigenvalue weighted by Crippen LogP contribution is -2.49. The molecule has 6 heteroatoms. The predicted molar refractivity (Wildman–Crippen MR) is 116 cm³/mol. The molecular weight excluding hydrogens is 378 g/mol. The van der Waals surface area contributed by atoms with E-state index in [1.165, 1.54) is 0 Å². The Bertz CT molecular complexity index is 984. The quantitative estimate of drug-likeness (QED) is 0.555. The maximum atomic E-state index is 13.0. The zero-order chi connectivity index (χ0) is 20.9. The second-order valence-corrected chi connectivity index (χ2v) is 8.38. The van der Waals surface area contributed by atoms with Crippen LogP contribution in [0.3, 0.4) is 0 Å². The predicted octanol–water partition coefficient (Wildman–Crippen LogP) is 3.93. The first kappa shape index (κ1) is 20.3. The summed E-state index contributed by atoms with van der Waals surface area (Å²) >= 11 is 0. The van der Waals surface area contributed by atoms with Gasteiger partial charge in [0, 0.05) is 29.4 Å². The molecule has 3 N–H and O–H groups in total. The maximum absolute atomic E-state index is 13.0. The maximum Gasteiger partial charge on any atom is 0.243 e. The molecule has 30 heavy (non-hydrogen) atoms. The van der Waals surface area contributed by atoms with Gasteiger partial charge in [-0.3, -0.25) is 9.59 Å². The third kappa shape index (κ3) is 4.75. The Morgan fingerprint density at radius 2 is 1.93 bits per heavy atom. The number of carbonyl (C=O) groups excluding carboxylic acids is 2. The summed E-state index contributed by atoms with van der Waals surface area (Å²) in [7, 11) is 0. The van der Waals surface area contributed by atoms with E-state index in [4.69, 9.17) is 4.42 Å². The van der Waals surface area contributed by atoms with Gasteiger partial charge in [0.25, 0.3) is 0 Å². The molecule has 1 aromatic carbocycles. The van der Waals surface area contributed by atoms with E-state index >= 15 is 0 Å². The van der Waals surface area contributed by atoms with Gasteiger partial charge < -0.3 is 20.0 Å². The number of hydrogen-bond donors (Lipinski definition) is 3. The van der Waals surface area contributed by atoms with Gasteiger partial charge >= 0.3 is 0 Å². The first-order chi connectivity index (χ1) is 14.6. The van der Waals surface area contributed by atoms with Gasteiger partial charge in [-0.15, -0.1) is 0 Å². The fraction of sp³-hybridized carbons (Fsp3) is 0.417. The van der Waals surface area contributed by atoms with Crippen molar-refractivity contribution >= 4 is 22.7 Å². The van der Waals surface area contributed by atoms with Gasteiger partial charge in [-0.25, -0.2) is 0 Å². The highest BCUT2D eigenvalue weighted by Crippen LogP contribution is 2.28. The number of benzene rings is 1. The number of rotatable bonds is 7. The number of fused-ring (bicyclic) bond motifs is 1. The van der Waals surface area contributed by atoms with Crippen LogP contribution in [0.25, 0.3) is 10.9 Å². The number of aromatic amines is 1. The lowest BCUT2D eigenvalue weighted by atomic mass is 9.82. The van der Waals surface area contributed by atoms with Crippen LogP contribution in [0.1, 0.15) is 43.9 Å². The van der Waals surface area contributed by atoms with Gasteiger partial charge in [-0.2, -0.15) is 0 Å². The standard InChI is InChI=1S/C24H29N3O3/c1-16-8-10-17(11-9-16)23(28)27-22(24(29)26-15-19-5-4-12-30-19)13-18-14-25-21-7-3-2-6-20(18)21/h2-7,12,14,16-17,22,25H,8-11,13,15H2,1H3,(H,26,29)(H,27,28). The zero-order valence-electron chi connectivity index (χ0n) is 17.3. The van der Waals surface area contributed by atoms with Gasteiger partial charge in [0.2, 0.25) is 11.8 Å². The summed E-state index contributed by atoms with van der Waals surface area (Å²) in [5.74, 6) is 1.13. The summed E-state index contributed by atoms with van der Waals surface area (Å²) in [5.41, 5.74) is 2.04. The Balaban J connectivity index is 1.48. The SMILES string of the molecule is CC1CCC(C(=O)NC(Cc2c[nH]c3ccccc23)C(=O)NCc2ccco2)CC1. The average molecular weight is 408 g/mol. The molecule has 2 aromatic heterocycles. The van der Waals surface area contributed by atoms with Crippen LogP contribution in [0.2, 0.25) is 0 Å². The molecule has 0 saturated heterocycles. The van der Waals surface area contributed by atoms with Crippen molar-refractivity contribution in [2.75, 3.05) is 0 Å². The average Bonchev–Trinajstić information content (AvgIpc) is 3.42. The Kier molecular flexibility index (Phi) is 6.21. The second-order valence-electron chi connectivity index (χ2n) is 8.38. The lowest BCUT2D eigenvalue weighted by Gasteiger charge is -2.27. The van der Waals surface area contributed by atoms with Crippen molar-refractivity contribution in [3.63, 3.8) is 0 Å². The number of carbonyl (C=O) groups is 2. The molecule has 6 nitrogen and oxygen atoms in total. The molecule has 1 aliphatic carbocycles. The van der Waals surface area contributed by atoms with Crippen molar-refractivity contribution in [1.82, 2.24) is 15.6 Å². The van der Waals surface area contributed by atoms with Crippen molar-refractivity contribution < 1.29 is 14.0 Å². The number of furan rings is 1. The fourth-order valence-electron chi connectivity index (χ4n) is 4.25. The summed E-state index contributed by atoms with van der Waals surface area (Å²) in [5, 5.41) is 7.01. The number of H-pyrrole nitrogens is 1. The largest absolute Gasteiger partial charge is 0.467 e. The van der Waals surface area contributed by atoms with Gasteiger partial charge in [0.15, 0.2) is 0 Å². The van der Waals surface area contributed by atoms with Crippen molar-refractivity contribution in [2.45, 2.75) is 51.6 Å². The summed E-state index contributed by atoms with van der Waals surface area (Å²) in [4.78, 5) is 29.2. The van der Waals surface area contributed by atoms with Crippen LogP contribution in [0, 0.1) is 11.8 Å². The Hall–Kier alpha value is -3.02. The van der Waals surface area contributed by atoms with E-state index in [1.54, 1.807) is 12.3 Å². The van der Waals surface area contributed by atoms with Crippen molar-refractivity contribution in [3.8, 4) is 0 Å². The molecule has 158 valence electrons. The summed E-state index contributed by atoms with van der Waals surface area (Å²) in [6.45, 7) is 2.53. The summed E-state index contributed by atoms with van der Waals surface area (Å²) < 4.78 is 5.31. The zero-order valence-corrected chi connectivity index (χ0v) is 17.3. The van der Waals surface area contributed by atoms with E-state index in [9.17, 15) is 9.59 Å². The van der Waals surface area contributed by atoms with Crippen LogP contribution in [-0.4, -0.2) is 22.8 Å². The van der Waals surface area contributed by atoms with Crippen LogP contribution >= 0.6 is 0 Å². The molecule has 0 bridgehead atoms. The number of para-hydroxylation sites is 1. The molecule has 1 atom stereocenters. The third-order valence-corrected chi connectivity index (χ3v) is 6.14. The first-order valence-corrected chi connectivity index (χ1v) is 10.8. The molecule has 2 heterocycles. The van der Waals surface area contributed by atoms with E-state index in [0.29, 0.717) is 24.6 Å². The van der Waals surface area contributed by atoms with E-state index in [0.717, 1.165) is 42.1 Å². The number of nitrogens with one attached hydrogen (secondary N) is 3. The molecule has 4 rings (SSSR count). The van der Waals surface area contributed by atoms with Crippen molar-refractivity contribution in [2.24, 2.45) is 11.8 Å². The van der Waals surface area contributed by atoms with E-state index < -0.39 is 6.04 Å². The van der Waals surface area contributed by atoms with Gasteiger partial charge in [0.1, 0.15) is 11.8 Å². The van der Waals surface area contributed by atoms with E-state index in [-0.39, 0.29) is 17.7 Å². The van der Waals surface area contributed by atoms with E-state index in [2.05, 4.69) is 22.5 Å². The Morgan fingerprint density at radius 3 is 2.70 bits per heavy atom. The topological polar surface area (TPSA) is 87.1 Å². The molecule has 3 aromatic rings. The van der Waals surface area contributed by atoms with Crippen LogP contribution in [0.15, 0.2) is 53.3 Å². The second kappa shape index (κ2) is 9.20. The molecule has 1 unspecified atom stereocenters. The smallest absolute Gasteiger partial charge is 0.243 e. The molecule has 1 fully saturated rings. The minimum atomic E-state index is -0.633. The fourth-order valence-corrected chi connectivity index (χ4v) is 4.25. The molecule has 0 aliphatic heterocycles.